The Kier molecular flexibility index (Phi) is 9.47. The Bertz CT molecular complexity index is 1180. The standard InChI is InChI=1S/C32H44N4O5S/c1-4-13-34(16-15-33-18-21-41-22-19-33)30(40)27-32-12-11-31(3,42-32)25(26(32)29(39)36(27)17-20-37)28(38)35(14-5-2)23-24-9-7-6-8-10-24/h4-10,25-27,37H,1-2,11-23H2,3H3/t25-,26-,27?,31+,32?/m0/s1. The third kappa shape index (κ3) is 5.54. The molecular formula is C32H44N4O5S. The van der Waals surface area contributed by atoms with E-state index in [1.807, 2.05) is 30.3 Å². The average molecular weight is 597 g/mol. The molecule has 5 atom stereocenters. The predicted octanol–water partition coefficient (Wildman–Crippen LogP) is 2.02. The molecule has 0 aromatic heterocycles. The molecule has 2 unspecified atom stereocenters. The van der Waals surface area contributed by atoms with Crippen molar-refractivity contribution in [3.8, 4) is 0 Å². The number of hydrogen-bond acceptors (Lipinski definition) is 7. The monoisotopic (exact) mass is 596 g/mol. The zero-order valence-corrected chi connectivity index (χ0v) is 25.5. The van der Waals surface area contributed by atoms with E-state index < -0.39 is 27.4 Å². The lowest BCUT2D eigenvalue weighted by Gasteiger charge is -2.38. The highest BCUT2D eigenvalue weighted by atomic mass is 32.2. The van der Waals surface area contributed by atoms with Gasteiger partial charge >= 0.3 is 0 Å². The van der Waals surface area contributed by atoms with E-state index in [9.17, 15) is 19.5 Å². The lowest BCUT2D eigenvalue weighted by atomic mass is 9.66. The summed E-state index contributed by atoms with van der Waals surface area (Å²) in [7, 11) is 0. The number of amides is 3. The summed E-state index contributed by atoms with van der Waals surface area (Å²) in [4.78, 5) is 50.6. The molecule has 228 valence electrons. The van der Waals surface area contributed by atoms with Crippen LogP contribution in [0.1, 0.15) is 25.3 Å². The first-order valence-electron chi connectivity index (χ1n) is 15.0. The van der Waals surface area contributed by atoms with Gasteiger partial charge in [-0.25, -0.2) is 0 Å². The van der Waals surface area contributed by atoms with Crippen LogP contribution in [-0.4, -0.2) is 124 Å². The lowest BCUT2D eigenvalue weighted by Crippen LogP contribution is -2.56. The van der Waals surface area contributed by atoms with Gasteiger partial charge in [-0.05, 0) is 25.3 Å². The van der Waals surface area contributed by atoms with Gasteiger partial charge in [0.25, 0.3) is 0 Å². The van der Waals surface area contributed by atoms with Crippen LogP contribution in [0.4, 0.5) is 0 Å². The van der Waals surface area contributed by atoms with Gasteiger partial charge in [0.15, 0.2) is 0 Å². The van der Waals surface area contributed by atoms with Crippen LogP contribution in [0.5, 0.6) is 0 Å². The van der Waals surface area contributed by atoms with Crippen molar-refractivity contribution in [2.45, 2.75) is 41.8 Å². The normalized spacial score (nSPS) is 30.3. The fourth-order valence-corrected chi connectivity index (χ4v) is 9.87. The topological polar surface area (TPSA) is 93.6 Å². The Balaban J connectivity index is 1.45. The van der Waals surface area contributed by atoms with Gasteiger partial charge in [-0.15, -0.1) is 24.9 Å². The van der Waals surface area contributed by atoms with Crippen molar-refractivity contribution >= 4 is 29.5 Å². The lowest BCUT2D eigenvalue weighted by molar-refractivity contribution is -0.146. The summed E-state index contributed by atoms with van der Waals surface area (Å²) in [6, 6.07) is 9.09. The SMILES string of the molecule is C=CCN(CCN1CCOCC1)C(=O)C1N(CCO)C(=O)[C@@H]2[C@@H](C(=O)N(CC=C)Cc3ccccc3)[C@@]3(C)CCC12S3. The maximum Gasteiger partial charge on any atom is 0.247 e. The van der Waals surface area contributed by atoms with Gasteiger partial charge < -0.3 is 24.5 Å². The fraction of sp³-hybridized carbons (Fsp3) is 0.594. The molecule has 3 amide bonds. The number of aliphatic hydroxyl groups excluding tert-OH is 1. The predicted molar refractivity (Wildman–Crippen MR) is 164 cm³/mol. The van der Waals surface area contributed by atoms with Crippen molar-refractivity contribution in [2.24, 2.45) is 11.8 Å². The Morgan fingerprint density at radius 3 is 2.43 bits per heavy atom. The molecule has 1 spiro atoms. The Hall–Kier alpha value is -2.66. The first kappa shape index (κ1) is 30.8. The molecule has 9 nitrogen and oxygen atoms in total. The van der Waals surface area contributed by atoms with E-state index in [4.69, 9.17) is 4.74 Å². The van der Waals surface area contributed by atoms with Crippen LogP contribution in [0, 0.1) is 11.8 Å². The summed E-state index contributed by atoms with van der Waals surface area (Å²) in [5, 5.41) is 9.99. The number of β-amino-alcohol motifs (C(OH)–C–C–N with tert-alkyl or cyclic N) is 1. The molecule has 4 aliphatic heterocycles. The number of benzene rings is 1. The molecule has 4 fully saturated rings. The van der Waals surface area contributed by atoms with E-state index >= 15 is 0 Å². The van der Waals surface area contributed by atoms with E-state index in [0.29, 0.717) is 52.4 Å². The average Bonchev–Trinajstić information content (AvgIpc) is 3.56. The van der Waals surface area contributed by atoms with Gasteiger partial charge in [-0.2, -0.15) is 0 Å². The van der Waals surface area contributed by atoms with E-state index in [2.05, 4.69) is 25.0 Å². The summed E-state index contributed by atoms with van der Waals surface area (Å²) in [5.41, 5.74) is 1.01. The van der Waals surface area contributed by atoms with Crippen molar-refractivity contribution in [1.82, 2.24) is 19.6 Å². The smallest absolute Gasteiger partial charge is 0.247 e. The number of rotatable bonds is 13. The molecule has 5 rings (SSSR count). The summed E-state index contributed by atoms with van der Waals surface area (Å²) in [6.45, 7) is 15.1. The second-order valence-electron chi connectivity index (χ2n) is 12.0. The number of morpholine rings is 1. The van der Waals surface area contributed by atoms with Crippen LogP contribution in [0.3, 0.4) is 0 Å². The van der Waals surface area contributed by atoms with Gasteiger partial charge in [0.2, 0.25) is 17.7 Å². The molecule has 4 heterocycles. The number of carbonyl (C=O) groups excluding carboxylic acids is 3. The van der Waals surface area contributed by atoms with Crippen molar-refractivity contribution in [3.63, 3.8) is 0 Å². The van der Waals surface area contributed by atoms with Crippen LogP contribution < -0.4 is 0 Å². The van der Waals surface area contributed by atoms with E-state index in [0.717, 1.165) is 25.1 Å². The molecule has 1 N–H and O–H groups in total. The van der Waals surface area contributed by atoms with Crippen molar-refractivity contribution in [1.29, 1.82) is 0 Å². The minimum absolute atomic E-state index is 0.0669. The van der Waals surface area contributed by atoms with Gasteiger partial charge in [0.05, 0.1) is 36.4 Å². The number of hydrogen-bond donors (Lipinski definition) is 1. The molecule has 1 aromatic rings. The Morgan fingerprint density at radius 1 is 1.07 bits per heavy atom. The van der Waals surface area contributed by atoms with E-state index in [-0.39, 0.29) is 30.9 Å². The Morgan fingerprint density at radius 2 is 1.76 bits per heavy atom. The Labute approximate surface area is 253 Å². The first-order valence-corrected chi connectivity index (χ1v) is 15.9. The highest BCUT2D eigenvalue weighted by molar-refractivity contribution is 8.02. The highest BCUT2D eigenvalue weighted by Crippen LogP contribution is 2.71. The molecule has 4 aliphatic rings. The first-order chi connectivity index (χ1) is 20.3. The molecule has 4 saturated heterocycles. The minimum atomic E-state index is -0.738. The number of ether oxygens (including phenoxy) is 1. The van der Waals surface area contributed by atoms with Crippen molar-refractivity contribution in [2.75, 3.05) is 65.6 Å². The van der Waals surface area contributed by atoms with E-state index in [1.165, 1.54) is 0 Å². The number of likely N-dealkylation sites (tertiary alicyclic amines) is 1. The maximum atomic E-state index is 14.5. The molecule has 0 aliphatic carbocycles. The van der Waals surface area contributed by atoms with Crippen LogP contribution in [0.25, 0.3) is 0 Å². The molecule has 0 saturated carbocycles. The zero-order chi connectivity index (χ0) is 29.9. The van der Waals surface area contributed by atoms with Gasteiger partial charge in [0.1, 0.15) is 6.04 Å². The van der Waals surface area contributed by atoms with Gasteiger partial charge in [0, 0.05) is 57.1 Å². The van der Waals surface area contributed by atoms with Crippen LogP contribution in [0.2, 0.25) is 0 Å². The zero-order valence-electron chi connectivity index (χ0n) is 24.7. The number of carbonyl (C=O) groups is 3. The highest BCUT2D eigenvalue weighted by Gasteiger charge is 2.77. The van der Waals surface area contributed by atoms with Gasteiger partial charge in [-0.3, -0.25) is 19.3 Å². The molecule has 0 radical (unpaired) electrons. The summed E-state index contributed by atoms with van der Waals surface area (Å²) in [5.74, 6) is -1.57. The van der Waals surface area contributed by atoms with Crippen LogP contribution in [-0.2, 0) is 25.7 Å². The molecule has 10 heteroatoms. The fourth-order valence-electron chi connectivity index (χ4n) is 7.53. The molecule has 42 heavy (non-hydrogen) atoms. The quantitative estimate of drug-likeness (QED) is 0.349. The minimum Gasteiger partial charge on any atom is -0.395 e. The van der Waals surface area contributed by atoms with Crippen molar-refractivity contribution < 1.29 is 24.2 Å². The third-order valence-electron chi connectivity index (χ3n) is 9.45. The van der Waals surface area contributed by atoms with E-state index in [1.54, 1.807) is 38.6 Å². The summed E-state index contributed by atoms with van der Waals surface area (Å²) in [6.07, 6.45) is 4.88. The van der Waals surface area contributed by atoms with Crippen LogP contribution >= 0.6 is 11.8 Å². The largest absolute Gasteiger partial charge is 0.395 e. The van der Waals surface area contributed by atoms with Crippen molar-refractivity contribution in [3.05, 3.63) is 61.2 Å². The molecule has 1 aromatic carbocycles. The maximum absolute atomic E-state index is 14.5. The number of fused-ring (bicyclic) bond motifs is 1. The molecule has 2 bridgehead atoms. The third-order valence-corrected chi connectivity index (χ3v) is 11.4. The second-order valence-corrected chi connectivity index (χ2v) is 13.9. The summed E-state index contributed by atoms with van der Waals surface area (Å²) >= 11 is 1.66. The number of thioether (sulfide) groups is 1. The number of nitrogens with zero attached hydrogens (tertiary/aromatic N) is 4. The van der Waals surface area contributed by atoms with Gasteiger partial charge in [-0.1, -0.05) is 42.5 Å². The molecular weight excluding hydrogens is 552 g/mol. The van der Waals surface area contributed by atoms with Crippen LogP contribution in [0.15, 0.2) is 55.6 Å². The summed E-state index contributed by atoms with van der Waals surface area (Å²) < 4.78 is 4.29. The second kappa shape index (κ2) is 12.9. The number of aliphatic hydroxyl groups is 1.